The Kier molecular flexibility index (Phi) is 2.35. The van der Waals surface area contributed by atoms with E-state index in [2.05, 4.69) is 10.4 Å². The molecular formula is C11H18N4O. The molecule has 88 valence electrons. The molecule has 0 unspecified atom stereocenters. The summed E-state index contributed by atoms with van der Waals surface area (Å²) in [6.45, 7) is 4.54. The van der Waals surface area contributed by atoms with Crippen LogP contribution in [0, 0.1) is 12.8 Å². The highest BCUT2D eigenvalue weighted by atomic mass is 16.2. The minimum absolute atomic E-state index is 0.0795. The molecule has 0 bridgehead atoms. The SMILES string of the molecule is Cc1nn(CC2CCC2)c(=O)n1C1CNC1. The van der Waals surface area contributed by atoms with Crippen LogP contribution in [0.5, 0.6) is 0 Å². The summed E-state index contributed by atoms with van der Waals surface area (Å²) in [4.78, 5) is 12.1. The molecule has 2 heterocycles. The molecule has 1 aromatic heterocycles. The molecule has 2 aliphatic rings. The topological polar surface area (TPSA) is 51.9 Å². The summed E-state index contributed by atoms with van der Waals surface area (Å²) in [5, 5.41) is 7.56. The Morgan fingerprint density at radius 1 is 1.44 bits per heavy atom. The molecule has 1 saturated carbocycles. The number of hydrogen-bond donors (Lipinski definition) is 1. The molecule has 3 rings (SSSR count). The standard InChI is InChI=1S/C11H18N4O/c1-8-13-14(7-9-3-2-4-9)11(16)15(8)10-5-12-6-10/h9-10,12H,2-7H2,1H3. The zero-order chi connectivity index (χ0) is 11.1. The van der Waals surface area contributed by atoms with Gasteiger partial charge in [0.2, 0.25) is 0 Å². The molecule has 0 amide bonds. The highest BCUT2D eigenvalue weighted by Crippen LogP contribution is 2.27. The van der Waals surface area contributed by atoms with E-state index >= 15 is 0 Å². The van der Waals surface area contributed by atoms with E-state index in [1.165, 1.54) is 19.3 Å². The Hall–Kier alpha value is -1.10. The zero-order valence-corrected chi connectivity index (χ0v) is 9.65. The van der Waals surface area contributed by atoms with E-state index in [1.807, 2.05) is 11.5 Å². The predicted molar refractivity (Wildman–Crippen MR) is 60.5 cm³/mol. The molecule has 0 atom stereocenters. The first-order chi connectivity index (χ1) is 7.75. The van der Waals surface area contributed by atoms with Gasteiger partial charge in [-0.15, -0.1) is 0 Å². The number of nitrogens with zero attached hydrogens (tertiary/aromatic N) is 3. The molecule has 1 aliphatic heterocycles. The average molecular weight is 222 g/mol. The van der Waals surface area contributed by atoms with Gasteiger partial charge in [0.1, 0.15) is 5.82 Å². The van der Waals surface area contributed by atoms with Gasteiger partial charge < -0.3 is 5.32 Å². The monoisotopic (exact) mass is 222 g/mol. The summed E-state index contributed by atoms with van der Waals surface area (Å²) in [5.41, 5.74) is 0.0795. The van der Waals surface area contributed by atoms with Gasteiger partial charge in [0.15, 0.2) is 0 Å². The average Bonchev–Trinajstić information content (AvgIpc) is 2.37. The number of nitrogens with one attached hydrogen (secondary N) is 1. The number of aromatic nitrogens is 3. The van der Waals surface area contributed by atoms with Crippen LogP contribution < -0.4 is 11.0 Å². The quantitative estimate of drug-likeness (QED) is 0.800. The van der Waals surface area contributed by atoms with Crippen molar-refractivity contribution in [1.82, 2.24) is 19.7 Å². The Labute approximate surface area is 94.5 Å². The largest absolute Gasteiger partial charge is 0.346 e. The van der Waals surface area contributed by atoms with Gasteiger partial charge in [-0.3, -0.25) is 4.57 Å². The van der Waals surface area contributed by atoms with E-state index in [0.717, 1.165) is 25.5 Å². The van der Waals surface area contributed by atoms with Gasteiger partial charge in [0.05, 0.1) is 6.04 Å². The molecule has 0 spiro atoms. The van der Waals surface area contributed by atoms with Crippen molar-refractivity contribution in [3.63, 3.8) is 0 Å². The zero-order valence-electron chi connectivity index (χ0n) is 9.65. The molecule has 1 saturated heterocycles. The fraction of sp³-hybridized carbons (Fsp3) is 0.818. The van der Waals surface area contributed by atoms with Crippen molar-refractivity contribution in [3.8, 4) is 0 Å². The lowest BCUT2D eigenvalue weighted by Gasteiger charge is -2.28. The molecule has 16 heavy (non-hydrogen) atoms. The normalized spacial score (nSPS) is 21.8. The van der Waals surface area contributed by atoms with Gasteiger partial charge in [0, 0.05) is 19.6 Å². The Morgan fingerprint density at radius 2 is 2.19 bits per heavy atom. The second kappa shape index (κ2) is 3.73. The molecule has 0 aromatic carbocycles. The van der Waals surface area contributed by atoms with E-state index < -0.39 is 0 Å². The summed E-state index contributed by atoms with van der Waals surface area (Å²) in [7, 11) is 0. The first-order valence-electron chi connectivity index (χ1n) is 6.12. The Bertz CT molecular complexity index is 439. The van der Waals surface area contributed by atoms with Crippen molar-refractivity contribution in [1.29, 1.82) is 0 Å². The van der Waals surface area contributed by atoms with Crippen LogP contribution in [0.25, 0.3) is 0 Å². The van der Waals surface area contributed by atoms with E-state index in [4.69, 9.17) is 0 Å². The lowest BCUT2D eigenvalue weighted by atomic mass is 9.85. The van der Waals surface area contributed by atoms with Crippen LogP contribution in [0.3, 0.4) is 0 Å². The number of aryl methyl sites for hydroxylation is 1. The maximum Gasteiger partial charge on any atom is 0.346 e. The third-order valence-electron chi connectivity index (χ3n) is 3.82. The van der Waals surface area contributed by atoms with Crippen molar-refractivity contribution in [3.05, 3.63) is 16.3 Å². The maximum atomic E-state index is 12.1. The molecule has 2 fully saturated rings. The fourth-order valence-electron chi connectivity index (χ4n) is 2.44. The van der Waals surface area contributed by atoms with Crippen LogP contribution in [0.4, 0.5) is 0 Å². The summed E-state index contributed by atoms with van der Waals surface area (Å²) >= 11 is 0. The third kappa shape index (κ3) is 1.50. The Balaban J connectivity index is 1.85. The smallest absolute Gasteiger partial charge is 0.313 e. The number of rotatable bonds is 3. The summed E-state index contributed by atoms with van der Waals surface area (Å²) < 4.78 is 3.51. The maximum absolute atomic E-state index is 12.1. The van der Waals surface area contributed by atoms with Gasteiger partial charge in [-0.1, -0.05) is 6.42 Å². The second-order valence-corrected chi connectivity index (χ2v) is 4.99. The second-order valence-electron chi connectivity index (χ2n) is 4.99. The highest BCUT2D eigenvalue weighted by Gasteiger charge is 2.26. The van der Waals surface area contributed by atoms with Gasteiger partial charge >= 0.3 is 5.69 Å². The van der Waals surface area contributed by atoms with E-state index in [9.17, 15) is 4.79 Å². The molecule has 5 heteroatoms. The van der Waals surface area contributed by atoms with Gasteiger partial charge in [-0.25, -0.2) is 9.48 Å². The minimum Gasteiger partial charge on any atom is -0.313 e. The Morgan fingerprint density at radius 3 is 2.69 bits per heavy atom. The van der Waals surface area contributed by atoms with Crippen LogP contribution in [-0.4, -0.2) is 27.4 Å². The number of hydrogen-bond acceptors (Lipinski definition) is 3. The van der Waals surface area contributed by atoms with E-state index in [-0.39, 0.29) is 5.69 Å². The van der Waals surface area contributed by atoms with Crippen LogP contribution in [-0.2, 0) is 6.54 Å². The van der Waals surface area contributed by atoms with Crippen LogP contribution in [0.15, 0.2) is 4.79 Å². The van der Waals surface area contributed by atoms with E-state index in [0.29, 0.717) is 12.0 Å². The van der Waals surface area contributed by atoms with Crippen molar-refractivity contribution >= 4 is 0 Å². The summed E-state index contributed by atoms with van der Waals surface area (Å²) in [6, 6.07) is 0.322. The van der Waals surface area contributed by atoms with Crippen molar-refractivity contribution in [2.75, 3.05) is 13.1 Å². The first-order valence-corrected chi connectivity index (χ1v) is 6.12. The lowest BCUT2D eigenvalue weighted by molar-refractivity contribution is 0.260. The molecule has 5 nitrogen and oxygen atoms in total. The molecule has 1 aromatic rings. The van der Waals surface area contributed by atoms with Crippen molar-refractivity contribution in [2.45, 2.75) is 38.8 Å². The minimum atomic E-state index is 0.0795. The van der Waals surface area contributed by atoms with Crippen molar-refractivity contribution < 1.29 is 0 Å². The van der Waals surface area contributed by atoms with Crippen LogP contribution in [0.2, 0.25) is 0 Å². The third-order valence-corrected chi connectivity index (χ3v) is 3.82. The fourth-order valence-corrected chi connectivity index (χ4v) is 2.44. The molecule has 0 radical (unpaired) electrons. The van der Waals surface area contributed by atoms with Gasteiger partial charge in [-0.05, 0) is 25.7 Å². The first kappa shape index (κ1) is 10.1. The van der Waals surface area contributed by atoms with Crippen molar-refractivity contribution in [2.24, 2.45) is 5.92 Å². The van der Waals surface area contributed by atoms with Gasteiger partial charge in [-0.2, -0.15) is 5.10 Å². The highest BCUT2D eigenvalue weighted by molar-refractivity contribution is 4.93. The summed E-state index contributed by atoms with van der Waals surface area (Å²) in [6.07, 6.45) is 3.82. The van der Waals surface area contributed by atoms with Gasteiger partial charge in [0.25, 0.3) is 0 Å². The van der Waals surface area contributed by atoms with Crippen LogP contribution >= 0.6 is 0 Å². The van der Waals surface area contributed by atoms with Crippen LogP contribution in [0.1, 0.15) is 31.1 Å². The van der Waals surface area contributed by atoms with E-state index in [1.54, 1.807) is 4.68 Å². The molecular weight excluding hydrogens is 204 g/mol. The lowest BCUT2D eigenvalue weighted by Crippen LogP contribution is -2.47. The predicted octanol–water partition coefficient (Wildman–Crippen LogP) is 0.298. The molecule has 1 N–H and O–H groups in total. The summed E-state index contributed by atoms with van der Waals surface area (Å²) in [5.74, 6) is 1.54. The molecule has 1 aliphatic carbocycles.